The van der Waals surface area contributed by atoms with Crippen LogP contribution >= 0.6 is 12.6 Å². The zero-order valence-corrected chi connectivity index (χ0v) is 11.2. The Hall–Kier alpha value is -1.43. The lowest BCUT2D eigenvalue weighted by Gasteiger charge is -2.21. The Bertz CT molecular complexity index is 382. The fraction of sp³-hybridized carbons (Fsp3) is 0.500. The third kappa shape index (κ3) is 3.80. The second-order valence-corrected chi connectivity index (χ2v) is 4.92. The molecule has 1 heterocycles. The molecule has 0 aromatic carbocycles. The summed E-state index contributed by atoms with van der Waals surface area (Å²) in [5, 5.41) is 0.0724. The molecular weight excluding hydrogens is 252 g/mol. The van der Waals surface area contributed by atoms with Crippen LogP contribution < -0.4 is 5.73 Å². The number of ether oxygens (including phenoxy) is 1. The van der Waals surface area contributed by atoms with Crippen molar-refractivity contribution in [1.82, 2.24) is 4.90 Å². The average Bonchev–Trinajstić information content (AvgIpc) is 2.67. The van der Waals surface area contributed by atoms with E-state index in [1.54, 1.807) is 17.9 Å². The van der Waals surface area contributed by atoms with Crippen molar-refractivity contribution >= 4 is 24.6 Å². The van der Waals surface area contributed by atoms with Gasteiger partial charge in [-0.2, -0.15) is 12.6 Å². The van der Waals surface area contributed by atoms with Crippen molar-refractivity contribution in [1.29, 1.82) is 0 Å². The number of carbonyl (C=O) groups is 2. The zero-order valence-electron chi connectivity index (χ0n) is 10.3. The highest BCUT2D eigenvalue weighted by atomic mass is 32.1. The van der Waals surface area contributed by atoms with Gasteiger partial charge in [0.25, 0.3) is 0 Å². The van der Waals surface area contributed by atoms with Gasteiger partial charge in [-0.3, -0.25) is 4.79 Å². The molecular formula is C12H18N2O3S. The van der Waals surface area contributed by atoms with Gasteiger partial charge in [-0.25, -0.2) is 4.79 Å². The molecule has 0 bridgehead atoms. The van der Waals surface area contributed by atoms with Crippen molar-refractivity contribution in [2.24, 2.45) is 5.73 Å². The second kappa shape index (κ2) is 6.49. The van der Waals surface area contributed by atoms with Crippen LogP contribution in [0.1, 0.15) is 13.3 Å². The van der Waals surface area contributed by atoms with Crippen LogP contribution in [0.25, 0.3) is 0 Å². The molecule has 5 nitrogen and oxygen atoms in total. The summed E-state index contributed by atoms with van der Waals surface area (Å²) in [5.41, 5.74) is 5.61. The number of carbonyl (C=O) groups excluding carboxylic acids is 2. The van der Waals surface area contributed by atoms with Crippen molar-refractivity contribution in [2.45, 2.75) is 24.6 Å². The molecule has 0 aliphatic carbocycles. The first-order valence-electron chi connectivity index (χ1n) is 5.66. The summed E-state index contributed by atoms with van der Waals surface area (Å²) in [5.74, 6) is -0.489. The van der Waals surface area contributed by atoms with E-state index in [1.807, 2.05) is 0 Å². The van der Waals surface area contributed by atoms with E-state index in [4.69, 9.17) is 10.5 Å². The predicted molar refractivity (Wildman–Crippen MR) is 72.4 cm³/mol. The van der Waals surface area contributed by atoms with Crippen LogP contribution in [0.5, 0.6) is 0 Å². The maximum absolute atomic E-state index is 11.8. The van der Waals surface area contributed by atoms with Gasteiger partial charge in [0, 0.05) is 17.4 Å². The van der Waals surface area contributed by atoms with Crippen LogP contribution in [0.15, 0.2) is 24.3 Å². The van der Waals surface area contributed by atoms with E-state index in [0.29, 0.717) is 18.5 Å². The van der Waals surface area contributed by atoms with E-state index >= 15 is 0 Å². The summed E-state index contributed by atoms with van der Waals surface area (Å²) >= 11 is 4.36. The summed E-state index contributed by atoms with van der Waals surface area (Å²) < 4.78 is 4.99. The Morgan fingerprint density at radius 2 is 2.28 bits per heavy atom. The van der Waals surface area contributed by atoms with E-state index < -0.39 is 12.0 Å². The van der Waals surface area contributed by atoms with Crippen molar-refractivity contribution in [3.8, 4) is 0 Å². The standard InChI is InChI=1S/C12H18N2O3S/c1-3-4-17-12(16)14-7-10(18)6-9(14)5-8(2)11(13)15/h3,5,9-10,18H,1,4,6-7H2,2H3,(H2,13,15)/t9-,10+/m1/s1. The molecule has 1 saturated heterocycles. The van der Waals surface area contributed by atoms with Gasteiger partial charge in [0.1, 0.15) is 6.61 Å². The first kappa shape index (κ1) is 14.6. The van der Waals surface area contributed by atoms with Crippen LogP contribution in [0.2, 0.25) is 0 Å². The molecule has 1 fully saturated rings. The number of likely N-dealkylation sites (tertiary alicyclic amines) is 1. The summed E-state index contributed by atoms with van der Waals surface area (Å²) in [6.07, 6.45) is 3.45. The highest BCUT2D eigenvalue weighted by Crippen LogP contribution is 2.24. The molecule has 6 heteroatoms. The van der Waals surface area contributed by atoms with Gasteiger partial charge in [0.2, 0.25) is 5.91 Å². The fourth-order valence-electron chi connectivity index (χ4n) is 1.79. The molecule has 0 saturated carbocycles. The summed E-state index contributed by atoms with van der Waals surface area (Å²) in [6.45, 7) is 5.76. The quantitative estimate of drug-likeness (QED) is 0.457. The number of rotatable bonds is 4. The molecule has 1 aliphatic heterocycles. The summed E-state index contributed by atoms with van der Waals surface area (Å²) in [4.78, 5) is 24.3. The lowest BCUT2D eigenvalue weighted by atomic mass is 10.1. The fourth-order valence-corrected chi connectivity index (χ4v) is 2.19. The molecule has 0 spiro atoms. The molecule has 18 heavy (non-hydrogen) atoms. The minimum Gasteiger partial charge on any atom is -0.445 e. The Morgan fingerprint density at radius 3 is 2.83 bits per heavy atom. The van der Waals surface area contributed by atoms with Gasteiger partial charge < -0.3 is 15.4 Å². The molecule has 1 aliphatic rings. The highest BCUT2D eigenvalue weighted by molar-refractivity contribution is 7.81. The first-order chi connectivity index (χ1) is 8.45. The molecule has 100 valence electrons. The van der Waals surface area contributed by atoms with Crippen LogP contribution in [0.3, 0.4) is 0 Å². The minimum absolute atomic E-state index is 0.0724. The SMILES string of the molecule is C=CCOC(=O)N1C[C@@H](S)C[C@H]1C=C(C)C(N)=O. The molecule has 2 N–H and O–H groups in total. The topological polar surface area (TPSA) is 72.6 Å². The third-order valence-electron chi connectivity index (χ3n) is 2.71. The Kier molecular flexibility index (Phi) is 5.27. The van der Waals surface area contributed by atoms with E-state index in [2.05, 4.69) is 19.2 Å². The lowest BCUT2D eigenvalue weighted by Crippen LogP contribution is -2.35. The molecule has 0 aromatic rings. The number of nitrogens with zero attached hydrogens (tertiary/aromatic N) is 1. The molecule has 0 radical (unpaired) electrons. The Labute approximate surface area is 112 Å². The number of hydrogen-bond donors (Lipinski definition) is 2. The van der Waals surface area contributed by atoms with E-state index in [-0.39, 0.29) is 17.9 Å². The van der Waals surface area contributed by atoms with Gasteiger partial charge in [-0.15, -0.1) is 0 Å². The van der Waals surface area contributed by atoms with Crippen molar-refractivity contribution in [3.05, 3.63) is 24.3 Å². The predicted octanol–water partition coefficient (Wildman–Crippen LogP) is 1.11. The lowest BCUT2D eigenvalue weighted by molar-refractivity contribution is -0.114. The maximum Gasteiger partial charge on any atom is 0.410 e. The Balaban J connectivity index is 2.76. The molecule has 0 aromatic heterocycles. The van der Waals surface area contributed by atoms with E-state index in [0.717, 1.165) is 0 Å². The Morgan fingerprint density at radius 1 is 1.61 bits per heavy atom. The second-order valence-electron chi connectivity index (χ2n) is 4.19. The molecule has 2 amide bonds. The molecule has 1 rings (SSSR count). The molecule has 0 unspecified atom stereocenters. The maximum atomic E-state index is 11.8. The minimum atomic E-state index is -0.489. The smallest absolute Gasteiger partial charge is 0.410 e. The van der Waals surface area contributed by atoms with Crippen molar-refractivity contribution in [3.63, 3.8) is 0 Å². The third-order valence-corrected chi connectivity index (χ3v) is 3.09. The van der Waals surface area contributed by atoms with Crippen LogP contribution in [0.4, 0.5) is 4.79 Å². The average molecular weight is 270 g/mol. The van der Waals surface area contributed by atoms with Crippen LogP contribution in [0, 0.1) is 0 Å². The number of nitrogens with two attached hydrogens (primary N) is 1. The first-order valence-corrected chi connectivity index (χ1v) is 6.18. The van der Waals surface area contributed by atoms with E-state index in [1.165, 1.54) is 6.08 Å². The van der Waals surface area contributed by atoms with Gasteiger partial charge in [-0.05, 0) is 13.3 Å². The van der Waals surface area contributed by atoms with Gasteiger partial charge in [-0.1, -0.05) is 18.7 Å². The number of amides is 2. The molecule has 2 atom stereocenters. The monoisotopic (exact) mass is 270 g/mol. The summed E-state index contributed by atoms with van der Waals surface area (Å²) in [7, 11) is 0. The van der Waals surface area contributed by atoms with Crippen LogP contribution in [-0.2, 0) is 9.53 Å². The van der Waals surface area contributed by atoms with Gasteiger partial charge in [0.15, 0.2) is 0 Å². The number of thiol groups is 1. The van der Waals surface area contributed by atoms with Crippen molar-refractivity contribution < 1.29 is 14.3 Å². The van der Waals surface area contributed by atoms with Gasteiger partial charge >= 0.3 is 6.09 Å². The van der Waals surface area contributed by atoms with Crippen LogP contribution in [-0.4, -0.2) is 41.3 Å². The van der Waals surface area contributed by atoms with Gasteiger partial charge in [0.05, 0.1) is 6.04 Å². The number of hydrogen-bond acceptors (Lipinski definition) is 4. The largest absolute Gasteiger partial charge is 0.445 e. The van der Waals surface area contributed by atoms with E-state index in [9.17, 15) is 9.59 Å². The normalized spacial score (nSPS) is 23.9. The highest BCUT2D eigenvalue weighted by Gasteiger charge is 2.33. The van der Waals surface area contributed by atoms with Crippen molar-refractivity contribution in [2.75, 3.05) is 13.2 Å². The number of primary amides is 1. The summed E-state index contributed by atoms with van der Waals surface area (Å²) in [6, 6.07) is -0.197. The zero-order chi connectivity index (χ0) is 13.7.